The number of rotatable bonds is 4. The topological polar surface area (TPSA) is 40.5 Å². The molecule has 2 rings (SSSR count). The SMILES string of the molecule is O=C(O)CN1C=CC=CSC1Cc1ccccc1. The average molecular weight is 261 g/mol. The van der Waals surface area contributed by atoms with Crippen molar-refractivity contribution in [1.29, 1.82) is 0 Å². The van der Waals surface area contributed by atoms with Crippen molar-refractivity contribution in [2.24, 2.45) is 0 Å². The molecule has 1 aliphatic heterocycles. The maximum absolute atomic E-state index is 10.9. The Morgan fingerprint density at radius 3 is 2.78 bits per heavy atom. The summed E-state index contributed by atoms with van der Waals surface area (Å²) in [4.78, 5) is 12.7. The summed E-state index contributed by atoms with van der Waals surface area (Å²) in [5, 5.41) is 11.1. The Morgan fingerprint density at radius 1 is 1.28 bits per heavy atom. The molecule has 1 N–H and O–H groups in total. The van der Waals surface area contributed by atoms with Crippen molar-refractivity contribution in [2.75, 3.05) is 6.54 Å². The Hall–Kier alpha value is -1.68. The minimum Gasteiger partial charge on any atom is -0.480 e. The van der Waals surface area contributed by atoms with E-state index < -0.39 is 5.97 Å². The third-order valence-electron chi connectivity index (χ3n) is 2.64. The number of hydrogen-bond donors (Lipinski definition) is 1. The fraction of sp³-hybridized carbons (Fsp3) is 0.214. The lowest BCUT2D eigenvalue weighted by atomic mass is 10.1. The van der Waals surface area contributed by atoms with E-state index in [9.17, 15) is 4.79 Å². The molecule has 0 fully saturated rings. The van der Waals surface area contributed by atoms with Gasteiger partial charge in [-0.05, 0) is 17.0 Å². The molecule has 3 nitrogen and oxygen atoms in total. The highest BCUT2D eigenvalue weighted by Crippen LogP contribution is 2.24. The van der Waals surface area contributed by atoms with Crippen LogP contribution in [0.25, 0.3) is 0 Å². The Bertz CT molecular complexity index is 456. The fourth-order valence-corrected chi connectivity index (χ4v) is 2.76. The quantitative estimate of drug-likeness (QED) is 0.904. The zero-order valence-corrected chi connectivity index (χ0v) is 10.7. The maximum Gasteiger partial charge on any atom is 0.323 e. The fourth-order valence-electron chi connectivity index (χ4n) is 1.81. The van der Waals surface area contributed by atoms with Gasteiger partial charge in [0.15, 0.2) is 0 Å². The number of hydrogen-bond acceptors (Lipinski definition) is 3. The Balaban J connectivity index is 2.09. The minimum atomic E-state index is -0.805. The van der Waals surface area contributed by atoms with Crippen LogP contribution in [0.1, 0.15) is 5.56 Å². The standard InChI is InChI=1S/C14H15NO2S/c16-14(17)11-15-8-4-5-9-18-13(15)10-12-6-2-1-3-7-12/h1-9,13H,10-11H2,(H,16,17). The summed E-state index contributed by atoms with van der Waals surface area (Å²) in [5.74, 6) is -0.805. The van der Waals surface area contributed by atoms with Crippen LogP contribution in [-0.2, 0) is 11.2 Å². The molecule has 1 unspecified atom stereocenters. The lowest BCUT2D eigenvalue weighted by molar-refractivity contribution is -0.137. The summed E-state index contributed by atoms with van der Waals surface area (Å²) in [7, 11) is 0. The van der Waals surface area contributed by atoms with Crippen molar-refractivity contribution < 1.29 is 9.90 Å². The largest absolute Gasteiger partial charge is 0.480 e. The zero-order valence-electron chi connectivity index (χ0n) is 9.90. The van der Waals surface area contributed by atoms with E-state index in [0.717, 1.165) is 6.42 Å². The molecule has 0 aliphatic carbocycles. The molecule has 94 valence electrons. The second-order valence-electron chi connectivity index (χ2n) is 4.02. The van der Waals surface area contributed by atoms with Crippen molar-refractivity contribution in [2.45, 2.75) is 11.8 Å². The van der Waals surface area contributed by atoms with Gasteiger partial charge in [0.1, 0.15) is 6.54 Å². The summed E-state index contributed by atoms with van der Waals surface area (Å²) < 4.78 is 0. The van der Waals surface area contributed by atoms with Gasteiger partial charge >= 0.3 is 5.97 Å². The van der Waals surface area contributed by atoms with E-state index in [1.54, 1.807) is 11.8 Å². The van der Waals surface area contributed by atoms with E-state index in [4.69, 9.17) is 5.11 Å². The molecular formula is C14H15NO2S. The molecule has 4 heteroatoms. The lowest BCUT2D eigenvalue weighted by Crippen LogP contribution is -2.33. The molecule has 0 radical (unpaired) electrons. The number of aliphatic carboxylic acids is 1. The van der Waals surface area contributed by atoms with Crippen molar-refractivity contribution in [3.63, 3.8) is 0 Å². The van der Waals surface area contributed by atoms with Gasteiger partial charge in [0, 0.05) is 12.6 Å². The smallest absolute Gasteiger partial charge is 0.323 e. The van der Waals surface area contributed by atoms with Gasteiger partial charge in [-0.25, -0.2) is 0 Å². The number of carboxylic acid groups (broad SMARTS) is 1. The summed E-state index contributed by atoms with van der Waals surface area (Å²) in [6, 6.07) is 10.1. The van der Waals surface area contributed by atoms with Gasteiger partial charge in [0.25, 0.3) is 0 Å². The molecule has 0 saturated heterocycles. The first kappa shape index (κ1) is 12.8. The van der Waals surface area contributed by atoms with Gasteiger partial charge in [-0.2, -0.15) is 0 Å². The van der Waals surface area contributed by atoms with Gasteiger partial charge in [0.2, 0.25) is 0 Å². The maximum atomic E-state index is 10.9. The van der Waals surface area contributed by atoms with Crippen LogP contribution in [0.4, 0.5) is 0 Å². The average Bonchev–Trinajstić information content (AvgIpc) is 2.56. The van der Waals surface area contributed by atoms with Crippen LogP contribution in [0.2, 0.25) is 0 Å². The van der Waals surface area contributed by atoms with Crippen LogP contribution in [0.3, 0.4) is 0 Å². The number of carboxylic acids is 1. The number of thioether (sulfide) groups is 1. The number of carbonyl (C=O) groups is 1. The van der Waals surface area contributed by atoms with Crippen molar-refractivity contribution in [1.82, 2.24) is 4.90 Å². The first-order valence-corrected chi connectivity index (χ1v) is 6.70. The molecule has 0 bridgehead atoms. The summed E-state index contributed by atoms with van der Waals surface area (Å²) in [5.41, 5.74) is 1.22. The third kappa shape index (κ3) is 3.67. The van der Waals surface area contributed by atoms with Gasteiger partial charge in [-0.1, -0.05) is 36.4 Å². The number of nitrogens with zero attached hydrogens (tertiary/aromatic N) is 1. The number of benzene rings is 1. The first-order chi connectivity index (χ1) is 8.75. The van der Waals surface area contributed by atoms with Crippen LogP contribution in [0.15, 0.2) is 54.1 Å². The van der Waals surface area contributed by atoms with E-state index in [2.05, 4.69) is 12.1 Å². The Morgan fingerprint density at radius 2 is 2.06 bits per heavy atom. The molecular weight excluding hydrogens is 246 g/mol. The van der Waals surface area contributed by atoms with Crippen LogP contribution >= 0.6 is 11.8 Å². The number of allylic oxidation sites excluding steroid dienone is 2. The molecule has 1 aromatic rings. The van der Waals surface area contributed by atoms with E-state index >= 15 is 0 Å². The summed E-state index contributed by atoms with van der Waals surface area (Å²) >= 11 is 1.65. The zero-order chi connectivity index (χ0) is 12.8. The van der Waals surface area contributed by atoms with Gasteiger partial charge < -0.3 is 10.0 Å². The molecule has 1 heterocycles. The second-order valence-corrected chi connectivity index (χ2v) is 5.11. The van der Waals surface area contributed by atoms with Crippen LogP contribution in [0.5, 0.6) is 0 Å². The summed E-state index contributed by atoms with van der Waals surface area (Å²) in [6.45, 7) is 0.0304. The molecule has 1 aliphatic rings. The molecule has 18 heavy (non-hydrogen) atoms. The molecule has 0 saturated carbocycles. The van der Waals surface area contributed by atoms with Crippen LogP contribution in [0, 0.1) is 0 Å². The highest BCUT2D eigenvalue weighted by Gasteiger charge is 2.18. The van der Waals surface area contributed by atoms with Crippen LogP contribution < -0.4 is 0 Å². The predicted molar refractivity (Wildman–Crippen MR) is 74.1 cm³/mol. The van der Waals surface area contributed by atoms with Crippen molar-refractivity contribution >= 4 is 17.7 Å². The Labute approximate surface area is 111 Å². The highest BCUT2D eigenvalue weighted by molar-refractivity contribution is 8.02. The van der Waals surface area contributed by atoms with E-state index in [0.29, 0.717) is 0 Å². The van der Waals surface area contributed by atoms with E-state index in [-0.39, 0.29) is 11.9 Å². The van der Waals surface area contributed by atoms with Gasteiger partial charge in [-0.15, -0.1) is 11.8 Å². The van der Waals surface area contributed by atoms with E-state index in [1.807, 2.05) is 46.9 Å². The molecule has 0 aromatic heterocycles. The molecule has 0 amide bonds. The van der Waals surface area contributed by atoms with Gasteiger partial charge in [-0.3, -0.25) is 4.79 Å². The molecule has 1 aromatic carbocycles. The second kappa shape index (κ2) is 6.31. The Kier molecular flexibility index (Phi) is 4.47. The normalized spacial score (nSPS) is 18.7. The molecule has 1 atom stereocenters. The minimum absolute atomic E-state index is 0.0304. The van der Waals surface area contributed by atoms with Crippen molar-refractivity contribution in [3.05, 3.63) is 59.7 Å². The van der Waals surface area contributed by atoms with Crippen molar-refractivity contribution in [3.8, 4) is 0 Å². The molecule has 0 spiro atoms. The predicted octanol–water partition coefficient (Wildman–Crippen LogP) is 2.72. The highest BCUT2D eigenvalue weighted by atomic mass is 32.2. The summed E-state index contributed by atoms with van der Waals surface area (Å²) in [6.07, 6.45) is 6.48. The lowest BCUT2D eigenvalue weighted by Gasteiger charge is -2.27. The third-order valence-corrected chi connectivity index (χ3v) is 3.71. The van der Waals surface area contributed by atoms with E-state index in [1.165, 1.54) is 5.56 Å². The van der Waals surface area contributed by atoms with Gasteiger partial charge in [0.05, 0.1) is 5.37 Å². The first-order valence-electron chi connectivity index (χ1n) is 5.76. The monoisotopic (exact) mass is 261 g/mol. The van der Waals surface area contributed by atoms with Crippen LogP contribution in [-0.4, -0.2) is 27.9 Å².